The second-order valence-corrected chi connectivity index (χ2v) is 11.3. The number of anilines is 1. The molecule has 41 heavy (non-hydrogen) atoms. The maximum Gasteiger partial charge on any atom is 0.407 e. The average molecular weight is 559 g/mol. The molecule has 0 radical (unpaired) electrons. The van der Waals surface area contributed by atoms with Crippen molar-refractivity contribution in [1.29, 1.82) is 0 Å². The number of hydrogen-bond donors (Lipinski definition) is 3. The molecule has 0 unspecified atom stereocenters. The van der Waals surface area contributed by atoms with E-state index in [0.29, 0.717) is 24.5 Å². The number of alkyl carbamates (subject to hydrolysis) is 2. The number of nitrogens with zero attached hydrogens (tertiary/aromatic N) is 2. The Morgan fingerprint density at radius 1 is 0.976 bits per heavy atom. The van der Waals surface area contributed by atoms with E-state index in [1.807, 2.05) is 62.1 Å². The van der Waals surface area contributed by atoms with Gasteiger partial charge >= 0.3 is 18.2 Å². The minimum Gasteiger partial charge on any atom is -0.480 e. The SMILES string of the molecule is CC(C)(C)OC(=O)NC1CN(c2ccc(C[C@H](NC(=O)OCC3c4ccccc4-c4ccccc43)C(=O)O)cn2)C1. The number of pyridine rings is 1. The molecule has 3 aromatic rings. The van der Waals surface area contributed by atoms with Gasteiger partial charge in [-0.05, 0) is 54.7 Å². The number of carbonyl (C=O) groups is 3. The van der Waals surface area contributed by atoms with Gasteiger partial charge in [-0.15, -0.1) is 0 Å². The van der Waals surface area contributed by atoms with E-state index in [2.05, 4.69) is 27.8 Å². The molecule has 0 spiro atoms. The summed E-state index contributed by atoms with van der Waals surface area (Å²) >= 11 is 0. The number of rotatable bonds is 8. The van der Waals surface area contributed by atoms with Crippen molar-refractivity contribution < 1.29 is 29.0 Å². The molecule has 2 amide bonds. The fraction of sp³-hybridized carbons (Fsp3) is 0.355. The molecule has 1 atom stereocenters. The van der Waals surface area contributed by atoms with Crippen LogP contribution in [0.1, 0.15) is 43.4 Å². The summed E-state index contributed by atoms with van der Waals surface area (Å²) in [6.45, 7) is 6.72. The van der Waals surface area contributed by atoms with Gasteiger partial charge in [0.2, 0.25) is 0 Å². The molecule has 2 heterocycles. The van der Waals surface area contributed by atoms with Crippen LogP contribution in [0.3, 0.4) is 0 Å². The van der Waals surface area contributed by atoms with Gasteiger partial charge in [0.25, 0.3) is 0 Å². The summed E-state index contributed by atoms with van der Waals surface area (Å²) in [7, 11) is 0. The smallest absolute Gasteiger partial charge is 0.407 e. The van der Waals surface area contributed by atoms with Crippen LogP contribution in [0.4, 0.5) is 15.4 Å². The topological polar surface area (TPSA) is 130 Å². The van der Waals surface area contributed by atoms with Crippen molar-refractivity contribution >= 4 is 24.0 Å². The van der Waals surface area contributed by atoms with Crippen LogP contribution in [0.5, 0.6) is 0 Å². The molecule has 10 nitrogen and oxygen atoms in total. The first-order valence-corrected chi connectivity index (χ1v) is 13.6. The van der Waals surface area contributed by atoms with Gasteiger partial charge in [-0.3, -0.25) is 0 Å². The lowest BCUT2D eigenvalue weighted by Crippen LogP contribution is -2.60. The number of aromatic nitrogens is 1. The van der Waals surface area contributed by atoms with Crippen molar-refractivity contribution in [3.05, 3.63) is 83.6 Å². The van der Waals surface area contributed by atoms with Crippen molar-refractivity contribution in [1.82, 2.24) is 15.6 Å². The van der Waals surface area contributed by atoms with Crippen LogP contribution < -0.4 is 15.5 Å². The first-order valence-electron chi connectivity index (χ1n) is 13.6. The number of nitrogens with one attached hydrogen (secondary N) is 2. The molecule has 1 fully saturated rings. The molecule has 3 N–H and O–H groups in total. The Morgan fingerprint density at radius 2 is 1.61 bits per heavy atom. The normalized spacial score (nSPS) is 15.2. The number of benzene rings is 2. The Balaban J connectivity index is 1.12. The van der Waals surface area contributed by atoms with Crippen molar-refractivity contribution in [3.8, 4) is 11.1 Å². The Labute approximate surface area is 238 Å². The minimum atomic E-state index is -1.18. The molecule has 1 aliphatic carbocycles. The highest BCUT2D eigenvalue weighted by molar-refractivity contribution is 5.81. The summed E-state index contributed by atoms with van der Waals surface area (Å²) < 4.78 is 10.8. The summed E-state index contributed by atoms with van der Waals surface area (Å²) in [5.74, 6) is -0.567. The third-order valence-corrected chi connectivity index (χ3v) is 7.11. The fourth-order valence-electron chi connectivity index (χ4n) is 5.17. The van der Waals surface area contributed by atoms with Crippen molar-refractivity contribution in [2.75, 3.05) is 24.6 Å². The van der Waals surface area contributed by atoms with Crippen molar-refractivity contribution in [2.45, 2.75) is 50.8 Å². The average Bonchev–Trinajstić information content (AvgIpc) is 3.22. The second-order valence-electron chi connectivity index (χ2n) is 11.3. The minimum absolute atomic E-state index is 0.0379. The molecular weight excluding hydrogens is 524 g/mol. The molecule has 0 bridgehead atoms. The van der Waals surface area contributed by atoms with Gasteiger partial charge in [-0.2, -0.15) is 0 Å². The summed E-state index contributed by atoms with van der Waals surface area (Å²) in [6.07, 6.45) is 0.414. The lowest BCUT2D eigenvalue weighted by atomic mass is 9.98. The maximum atomic E-state index is 12.6. The van der Waals surface area contributed by atoms with Crippen LogP contribution in [0, 0.1) is 0 Å². The van der Waals surface area contributed by atoms with Gasteiger partial charge in [0.15, 0.2) is 0 Å². The van der Waals surface area contributed by atoms with Gasteiger partial charge in [-0.1, -0.05) is 54.6 Å². The Morgan fingerprint density at radius 3 is 2.17 bits per heavy atom. The van der Waals surface area contributed by atoms with E-state index >= 15 is 0 Å². The lowest BCUT2D eigenvalue weighted by Gasteiger charge is -2.40. The number of hydrogen-bond acceptors (Lipinski definition) is 7. The van der Waals surface area contributed by atoms with E-state index in [1.165, 1.54) is 0 Å². The molecule has 10 heteroatoms. The number of carboxylic acid groups (broad SMARTS) is 1. The molecule has 1 saturated heterocycles. The Bertz CT molecular complexity index is 1380. The van der Waals surface area contributed by atoms with Gasteiger partial charge in [-0.25, -0.2) is 19.4 Å². The van der Waals surface area contributed by atoms with Gasteiger partial charge in [0, 0.05) is 31.6 Å². The highest BCUT2D eigenvalue weighted by atomic mass is 16.6. The van der Waals surface area contributed by atoms with E-state index < -0.39 is 29.8 Å². The van der Waals surface area contributed by atoms with Crippen LogP contribution in [-0.2, 0) is 20.7 Å². The maximum absolute atomic E-state index is 12.6. The quantitative estimate of drug-likeness (QED) is 0.373. The summed E-state index contributed by atoms with van der Waals surface area (Å²) in [5.41, 5.74) is 4.49. The summed E-state index contributed by atoms with van der Waals surface area (Å²) in [6, 6.07) is 18.4. The van der Waals surface area contributed by atoms with E-state index in [-0.39, 0.29) is 25.0 Å². The largest absolute Gasteiger partial charge is 0.480 e. The van der Waals surface area contributed by atoms with Crippen LogP contribution in [-0.4, -0.2) is 65.6 Å². The number of ether oxygens (including phenoxy) is 2. The van der Waals surface area contributed by atoms with E-state index in [9.17, 15) is 19.5 Å². The highest BCUT2D eigenvalue weighted by Gasteiger charge is 2.32. The third kappa shape index (κ3) is 6.59. The first kappa shape index (κ1) is 27.9. The predicted octanol–water partition coefficient (Wildman–Crippen LogP) is 4.33. The number of carboxylic acids is 1. The van der Waals surface area contributed by atoms with Crippen LogP contribution in [0.2, 0.25) is 0 Å². The van der Waals surface area contributed by atoms with Crippen LogP contribution in [0.15, 0.2) is 66.9 Å². The number of fused-ring (bicyclic) bond motifs is 3. The third-order valence-electron chi connectivity index (χ3n) is 7.11. The van der Waals surface area contributed by atoms with E-state index in [0.717, 1.165) is 22.3 Å². The number of amides is 2. The zero-order chi connectivity index (χ0) is 29.1. The van der Waals surface area contributed by atoms with Crippen LogP contribution in [0.25, 0.3) is 11.1 Å². The standard InChI is InChI=1S/C31H34N4O6/c1-31(2,3)41-30(39)33-20-16-35(17-20)27-13-12-19(15-32-27)14-26(28(36)37)34-29(38)40-18-25-23-10-6-4-8-21(23)22-9-5-7-11-24(22)25/h4-13,15,20,25-26H,14,16-18H2,1-3H3,(H,33,39)(H,34,38)(H,36,37)/t26-/m0/s1. The summed E-state index contributed by atoms with van der Waals surface area (Å²) in [5, 5.41) is 15.1. The Kier molecular flexibility index (Phi) is 7.83. The molecular formula is C31H34N4O6. The van der Waals surface area contributed by atoms with E-state index in [4.69, 9.17) is 9.47 Å². The van der Waals surface area contributed by atoms with Gasteiger partial charge in [0.05, 0.1) is 6.04 Å². The zero-order valence-corrected chi connectivity index (χ0v) is 23.3. The molecule has 2 aromatic carbocycles. The van der Waals surface area contributed by atoms with Crippen molar-refractivity contribution in [2.24, 2.45) is 0 Å². The lowest BCUT2D eigenvalue weighted by molar-refractivity contribution is -0.139. The highest BCUT2D eigenvalue weighted by Crippen LogP contribution is 2.44. The predicted molar refractivity (Wildman–Crippen MR) is 153 cm³/mol. The molecule has 2 aliphatic rings. The summed E-state index contributed by atoms with van der Waals surface area (Å²) in [4.78, 5) is 42.9. The molecule has 5 rings (SSSR count). The van der Waals surface area contributed by atoms with Crippen LogP contribution >= 0.6 is 0 Å². The Hall–Kier alpha value is -4.60. The monoisotopic (exact) mass is 558 g/mol. The van der Waals surface area contributed by atoms with Gasteiger partial charge < -0.3 is 30.1 Å². The molecule has 214 valence electrons. The molecule has 1 aromatic heterocycles. The van der Waals surface area contributed by atoms with Crippen molar-refractivity contribution in [3.63, 3.8) is 0 Å². The fourth-order valence-corrected chi connectivity index (χ4v) is 5.17. The second kappa shape index (κ2) is 11.5. The molecule has 1 aliphatic heterocycles. The number of aliphatic carboxylic acids is 1. The molecule has 0 saturated carbocycles. The number of carbonyl (C=O) groups excluding carboxylic acids is 2. The zero-order valence-electron chi connectivity index (χ0n) is 23.3. The van der Waals surface area contributed by atoms with E-state index in [1.54, 1.807) is 18.3 Å². The first-order chi connectivity index (χ1) is 19.6. The van der Waals surface area contributed by atoms with Gasteiger partial charge in [0.1, 0.15) is 24.1 Å².